The number of rotatable bonds is 4. The predicted molar refractivity (Wildman–Crippen MR) is 101 cm³/mol. The average molecular weight is 374 g/mol. The highest BCUT2D eigenvalue weighted by Crippen LogP contribution is 2.26. The van der Waals surface area contributed by atoms with Crippen LogP contribution in [0.15, 0.2) is 54.6 Å². The van der Waals surface area contributed by atoms with E-state index in [1.807, 2.05) is 30.3 Å². The lowest BCUT2D eigenvalue weighted by Gasteiger charge is -2.15. The lowest BCUT2D eigenvalue weighted by molar-refractivity contribution is 0.0653. The summed E-state index contributed by atoms with van der Waals surface area (Å²) in [5.74, 6) is 2.43. The second-order valence-electron chi connectivity index (χ2n) is 6.57. The van der Waals surface area contributed by atoms with Crippen molar-refractivity contribution < 1.29 is 19.1 Å². The van der Waals surface area contributed by atoms with Crippen LogP contribution in [0.2, 0.25) is 0 Å². The van der Waals surface area contributed by atoms with Crippen molar-refractivity contribution in [1.82, 2.24) is 9.80 Å². The SMILES string of the molecule is O=C1c2ccccc2C(=O)N1CCCC#CN1C(=O)OC[C@H]1c1ccccc1. The normalized spacial score (nSPS) is 18.0. The molecule has 6 heteroatoms. The monoisotopic (exact) mass is 374 g/mol. The van der Waals surface area contributed by atoms with Gasteiger partial charge in [0.05, 0.1) is 11.1 Å². The van der Waals surface area contributed by atoms with Crippen molar-refractivity contribution in [3.05, 3.63) is 71.3 Å². The third kappa shape index (κ3) is 3.23. The van der Waals surface area contributed by atoms with Crippen LogP contribution in [0.4, 0.5) is 4.79 Å². The zero-order chi connectivity index (χ0) is 19.5. The first-order chi connectivity index (χ1) is 13.7. The molecule has 140 valence electrons. The van der Waals surface area contributed by atoms with Gasteiger partial charge in [-0.15, -0.1) is 0 Å². The summed E-state index contributed by atoms with van der Waals surface area (Å²) in [4.78, 5) is 39.2. The minimum absolute atomic E-state index is 0.225. The van der Waals surface area contributed by atoms with Crippen LogP contribution in [0, 0.1) is 12.0 Å². The fourth-order valence-electron chi connectivity index (χ4n) is 3.37. The Balaban J connectivity index is 1.35. The third-order valence-electron chi connectivity index (χ3n) is 4.82. The lowest BCUT2D eigenvalue weighted by atomic mass is 10.1. The van der Waals surface area contributed by atoms with Gasteiger partial charge in [0.2, 0.25) is 0 Å². The molecule has 6 nitrogen and oxygen atoms in total. The van der Waals surface area contributed by atoms with Crippen molar-refractivity contribution in [3.63, 3.8) is 0 Å². The fraction of sp³-hybridized carbons (Fsp3) is 0.227. The minimum atomic E-state index is -0.457. The number of hydrogen-bond donors (Lipinski definition) is 0. The predicted octanol–water partition coefficient (Wildman–Crippen LogP) is 3.22. The highest BCUT2D eigenvalue weighted by Gasteiger charge is 2.35. The largest absolute Gasteiger partial charge is 0.446 e. The number of nitrogens with zero attached hydrogens (tertiary/aromatic N) is 2. The summed E-state index contributed by atoms with van der Waals surface area (Å²) in [5, 5.41) is 0. The number of benzene rings is 2. The van der Waals surface area contributed by atoms with E-state index in [2.05, 4.69) is 12.0 Å². The zero-order valence-corrected chi connectivity index (χ0v) is 15.1. The maximum Gasteiger partial charge on any atom is 0.422 e. The molecule has 0 unspecified atom stereocenters. The van der Waals surface area contributed by atoms with E-state index in [-0.39, 0.29) is 24.5 Å². The molecule has 1 fully saturated rings. The number of carbonyl (C=O) groups excluding carboxylic acids is 3. The molecule has 28 heavy (non-hydrogen) atoms. The van der Waals surface area contributed by atoms with Crippen LogP contribution in [0.3, 0.4) is 0 Å². The molecule has 0 radical (unpaired) electrons. The summed E-state index contributed by atoms with van der Waals surface area (Å²) in [6.45, 7) is 0.570. The van der Waals surface area contributed by atoms with Gasteiger partial charge >= 0.3 is 6.09 Å². The summed E-state index contributed by atoms with van der Waals surface area (Å²) in [6, 6.07) is 19.1. The molecule has 0 bridgehead atoms. The van der Waals surface area contributed by atoms with Gasteiger partial charge in [0.15, 0.2) is 0 Å². The molecule has 0 N–H and O–H groups in total. The molecule has 0 spiro atoms. The van der Waals surface area contributed by atoms with E-state index in [1.54, 1.807) is 24.3 Å². The Labute approximate surface area is 162 Å². The van der Waals surface area contributed by atoms with E-state index < -0.39 is 6.09 Å². The number of cyclic esters (lactones) is 1. The van der Waals surface area contributed by atoms with E-state index in [4.69, 9.17) is 4.74 Å². The molecular weight excluding hydrogens is 356 g/mol. The Morgan fingerprint density at radius 3 is 2.25 bits per heavy atom. The van der Waals surface area contributed by atoms with Crippen LogP contribution >= 0.6 is 0 Å². The first-order valence-electron chi connectivity index (χ1n) is 9.11. The van der Waals surface area contributed by atoms with E-state index >= 15 is 0 Å². The van der Waals surface area contributed by atoms with Crippen LogP contribution in [-0.2, 0) is 4.74 Å². The number of ether oxygens (including phenoxy) is 1. The van der Waals surface area contributed by atoms with Crippen molar-refractivity contribution in [3.8, 4) is 12.0 Å². The maximum atomic E-state index is 12.3. The fourth-order valence-corrected chi connectivity index (χ4v) is 3.37. The van der Waals surface area contributed by atoms with Gasteiger partial charge in [-0.1, -0.05) is 48.4 Å². The molecule has 0 saturated carbocycles. The van der Waals surface area contributed by atoms with Crippen LogP contribution in [-0.4, -0.2) is 40.9 Å². The molecule has 1 atom stereocenters. The third-order valence-corrected chi connectivity index (χ3v) is 4.82. The Kier molecular flexibility index (Phi) is 4.81. The molecule has 2 aliphatic rings. The van der Waals surface area contributed by atoms with E-state index in [9.17, 15) is 14.4 Å². The van der Waals surface area contributed by atoms with Crippen LogP contribution in [0.5, 0.6) is 0 Å². The second kappa shape index (κ2) is 7.57. The number of imide groups is 1. The molecule has 3 amide bonds. The van der Waals surface area contributed by atoms with Crippen molar-refractivity contribution in [2.24, 2.45) is 0 Å². The second-order valence-corrected chi connectivity index (χ2v) is 6.57. The first kappa shape index (κ1) is 17.8. The number of fused-ring (bicyclic) bond motifs is 1. The highest BCUT2D eigenvalue weighted by atomic mass is 16.6. The van der Waals surface area contributed by atoms with Gasteiger partial charge in [0.25, 0.3) is 11.8 Å². The molecule has 1 saturated heterocycles. The molecule has 2 heterocycles. The van der Waals surface area contributed by atoms with Gasteiger partial charge in [-0.25, -0.2) is 9.69 Å². The van der Waals surface area contributed by atoms with Crippen molar-refractivity contribution >= 4 is 17.9 Å². The van der Waals surface area contributed by atoms with Crippen LogP contribution in [0.25, 0.3) is 0 Å². The molecule has 2 aromatic rings. The van der Waals surface area contributed by atoms with Crippen LogP contribution in [0.1, 0.15) is 45.2 Å². The molecule has 0 aliphatic carbocycles. The van der Waals surface area contributed by atoms with Crippen molar-refractivity contribution in [2.45, 2.75) is 18.9 Å². The number of amides is 3. The van der Waals surface area contributed by atoms with Crippen molar-refractivity contribution in [1.29, 1.82) is 0 Å². The number of hydrogen-bond acceptors (Lipinski definition) is 4. The minimum Gasteiger partial charge on any atom is -0.446 e. The molecule has 4 rings (SSSR count). The summed E-state index contributed by atoms with van der Waals surface area (Å²) < 4.78 is 5.12. The van der Waals surface area contributed by atoms with Gasteiger partial charge in [0, 0.05) is 19.0 Å². The van der Waals surface area contributed by atoms with E-state index in [0.29, 0.717) is 30.5 Å². The van der Waals surface area contributed by atoms with Gasteiger partial charge in [-0.2, -0.15) is 0 Å². The Morgan fingerprint density at radius 1 is 0.929 bits per heavy atom. The summed E-state index contributed by atoms with van der Waals surface area (Å²) in [6.07, 6.45) is 0.539. The molecule has 2 aromatic carbocycles. The Bertz CT molecular complexity index is 955. The highest BCUT2D eigenvalue weighted by molar-refractivity contribution is 6.21. The van der Waals surface area contributed by atoms with E-state index in [1.165, 1.54) is 9.80 Å². The summed E-state index contributed by atoms with van der Waals surface area (Å²) >= 11 is 0. The van der Waals surface area contributed by atoms with Crippen molar-refractivity contribution in [2.75, 3.05) is 13.2 Å². The first-order valence-corrected chi connectivity index (χ1v) is 9.11. The summed E-state index contributed by atoms with van der Waals surface area (Å²) in [5.41, 5.74) is 1.86. The van der Waals surface area contributed by atoms with Gasteiger partial charge in [-0.05, 0) is 24.1 Å². The number of carbonyl (C=O) groups is 3. The summed E-state index contributed by atoms with van der Waals surface area (Å²) in [7, 11) is 0. The smallest absolute Gasteiger partial charge is 0.422 e. The lowest BCUT2D eigenvalue weighted by Crippen LogP contribution is -2.30. The topological polar surface area (TPSA) is 66.9 Å². The van der Waals surface area contributed by atoms with E-state index in [0.717, 1.165) is 5.56 Å². The molecule has 0 aromatic heterocycles. The van der Waals surface area contributed by atoms with Gasteiger partial charge < -0.3 is 4.74 Å². The Hall–Kier alpha value is -3.59. The quantitative estimate of drug-likeness (QED) is 0.468. The standard InChI is InChI=1S/C22H18N2O4/c25-20-17-11-5-6-12-18(17)21(26)24(20)14-8-2-7-13-23-19(15-28-22(23)27)16-9-3-1-4-10-16/h1,3-6,9-12,19H,2,8,14-15H2/t19-/m0/s1. The van der Waals surface area contributed by atoms with Gasteiger partial charge in [-0.3, -0.25) is 14.5 Å². The van der Waals surface area contributed by atoms with Gasteiger partial charge in [0.1, 0.15) is 12.6 Å². The average Bonchev–Trinajstić information content (AvgIpc) is 3.21. The molecular formula is C22H18N2O4. The number of unbranched alkanes of at least 4 members (excludes halogenated alkanes) is 1. The van der Waals surface area contributed by atoms with Crippen LogP contribution < -0.4 is 0 Å². The zero-order valence-electron chi connectivity index (χ0n) is 15.1. The maximum absolute atomic E-state index is 12.3. The molecule has 2 aliphatic heterocycles. The Morgan fingerprint density at radius 2 is 1.57 bits per heavy atom.